The quantitative estimate of drug-likeness (QED) is 0.404. The number of para-hydroxylation sites is 1. The van der Waals surface area contributed by atoms with Gasteiger partial charge < -0.3 is 0 Å². The van der Waals surface area contributed by atoms with Crippen molar-refractivity contribution in [3.05, 3.63) is 94.5 Å². The Kier molecular flexibility index (Phi) is 7.02. The largest absolute Gasteiger partial charge is 0.271 e. The molecular weight excluding hydrogens is 466 g/mol. The summed E-state index contributed by atoms with van der Waals surface area (Å²) in [5, 5.41) is 3.94. The van der Waals surface area contributed by atoms with Crippen LogP contribution in [0.15, 0.2) is 93.3 Å². The molecule has 0 bridgehead atoms. The molecule has 0 fully saturated rings. The van der Waals surface area contributed by atoms with Gasteiger partial charge in [0.05, 0.1) is 16.8 Å². The highest BCUT2D eigenvalue weighted by Gasteiger charge is 2.27. The van der Waals surface area contributed by atoms with E-state index in [9.17, 15) is 13.2 Å². The van der Waals surface area contributed by atoms with Gasteiger partial charge in [0.25, 0.3) is 15.9 Å². The summed E-state index contributed by atoms with van der Waals surface area (Å²) in [6, 6.07) is 22.4. The number of hydrogen-bond donors (Lipinski definition) is 1. The number of benzene rings is 3. The van der Waals surface area contributed by atoms with Gasteiger partial charge in [-0.25, -0.2) is 13.8 Å². The normalized spacial score (nSPS) is 11.4. The monoisotopic (exact) mass is 485 g/mol. The van der Waals surface area contributed by atoms with Crippen molar-refractivity contribution >= 4 is 43.8 Å². The van der Waals surface area contributed by atoms with Gasteiger partial charge in [0.15, 0.2) is 0 Å². The molecule has 0 heterocycles. The number of hydrazone groups is 1. The maximum absolute atomic E-state index is 13.2. The molecule has 8 heteroatoms. The van der Waals surface area contributed by atoms with Crippen LogP contribution in [0.5, 0.6) is 0 Å². The predicted molar refractivity (Wildman–Crippen MR) is 122 cm³/mol. The molecule has 3 aromatic carbocycles. The first-order valence-corrected chi connectivity index (χ1v) is 11.3. The zero-order chi connectivity index (χ0) is 21.6. The van der Waals surface area contributed by atoms with Gasteiger partial charge in [-0.3, -0.25) is 9.10 Å². The zero-order valence-electron chi connectivity index (χ0n) is 16.2. The molecule has 0 aliphatic heterocycles. The number of anilines is 1. The number of hydrogen-bond acceptors (Lipinski definition) is 4. The first kappa shape index (κ1) is 21.7. The Morgan fingerprint density at radius 2 is 1.63 bits per heavy atom. The second kappa shape index (κ2) is 9.69. The third-order valence-electron chi connectivity index (χ3n) is 4.24. The Labute approximate surface area is 184 Å². The van der Waals surface area contributed by atoms with Gasteiger partial charge in [-0.2, -0.15) is 5.10 Å². The summed E-state index contributed by atoms with van der Waals surface area (Å²) < 4.78 is 28.3. The second-order valence-corrected chi connectivity index (χ2v) is 9.19. The molecule has 0 spiro atoms. The summed E-state index contributed by atoms with van der Waals surface area (Å²) >= 11 is 3.40. The van der Waals surface area contributed by atoms with Gasteiger partial charge in [-0.15, -0.1) is 0 Å². The van der Waals surface area contributed by atoms with E-state index in [1.54, 1.807) is 42.5 Å². The molecule has 6 nitrogen and oxygen atoms in total. The Hall–Kier alpha value is -2.97. The highest BCUT2D eigenvalue weighted by molar-refractivity contribution is 9.10. The van der Waals surface area contributed by atoms with E-state index in [1.165, 1.54) is 18.3 Å². The molecule has 3 aromatic rings. The van der Waals surface area contributed by atoms with Crippen LogP contribution in [0.4, 0.5) is 5.69 Å². The van der Waals surface area contributed by atoms with Crippen molar-refractivity contribution in [2.75, 3.05) is 10.8 Å². The van der Waals surface area contributed by atoms with Crippen molar-refractivity contribution in [3.63, 3.8) is 0 Å². The SMILES string of the molecule is Cc1ccc(S(=O)(=O)N(CC(=O)N/N=C\c2ccccc2Br)c2ccccc2)cc1. The minimum absolute atomic E-state index is 0.112. The van der Waals surface area contributed by atoms with Crippen molar-refractivity contribution in [1.82, 2.24) is 5.43 Å². The lowest BCUT2D eigenvalue weighted by atomic mass is 10.2. The number of amides is 1. The van der Waals surface area contributed by atoms with Crippen LogP contribution >= 0.6 is 15.9 Å². The third-order valence-corrected chi connectivity index (χ3v) is 6.75. The number of nitrogens with one attached hydrogen (secondary N) is 1. The number of aryl methyl sites for hydroxylation is 1. The molecule has 0 aliphatic carbocycles. The molecule has 0 aliphatic rings. The number of sulfonamides is 1. The summed E-state index contributed by atoms with van der Waals surface area (Å²) in [6.07, 6.45) is 1.49. The standard InChI is InChI=1S/C22H20BrN3O3S/c1-17-11-13-20(14-12-17)30(28,29)26(19-8-3-2-4-9-19)16-22(27)25-24-15-18-7-5-6-10-21(18)23/h2-15H,16H2,1H3,(H,25,27)/b24-15-. The van der Waals surface area contributed by atoms with E-state index in [0.717, 1.165) is 19.9 Å². The van der Waals surface area contributed by atoms with Crippen LogP contribution in [0.3, 0.4) is 0 Å². The first-order chi connectivity index (χ1) is 14.4. The van der Waals surface area contributed by atoms with E-state index in [2.05, 4.69) is 26.5 Å². The summed E-state index contributed by atoms with van der Waals surface area (Å²) in [5.41, 5.74) is 4.51. The van der Waals surface area contributed by atoms with Crippen LogP contribution in [0.2, 0.25) is 0 Å². The molecule has 0 radical (unpaired) electrons. The predicted octanol–water partition coefficient (Wildman–Crippen LogP) is 4.10. The van der Waals surface area contributed by atoms with Crippen LogP contribution in [0, 0.1) is 6.92 Å². The number of halogens is 1. The van der Waals surface area contributed by atoms with Crippen molar-refractivity contribution in [1.29, 1.82) is 0 Å². The highest BCUT2D eigenvalue weighted by Crippen LogP contribution is 2.23. The molecule has 154 valence electrons. The minimum atomic E-state index is -3.94. The number of carbonyl (C=O) groups is 1. The van der Waals surface area contributed by atoms with E-state index in [-0.39, 0.29) is 4.90 Å². The van der Waals surface area contributed by atoms with Crippen LogP contribution in [-0.4, -0.2) is 27.1 Å². The molecule has 0 saturated carbocycles. The average Bonchev–Trinajstić information content (AvgIpc) is 2.74. The molecule has 0 aromatic heterocycles. The van der Waals surface area contributed by atoms with Crippen molar-refractivity contribution < 1.29 is 13.2 Å². The molecule has 1 amide bonds. The van der Waals surface area contributed by atoms with Crippen molar-refractivity contribution in [2.24, 2.45) is 5.10 Å². The summed E-state index contributed by atoms with van der Waals surface area (Å²) in [5.74, 6) is -0.558. The lowest BCUT2D eigenvalue weighted by Gasteiger charge is -2.23. The average molecular weight is 486 g/mol. The Bertz CT molecular complexity index is 1150. The first-order valence-electron chi connectivity index (χ1n) is 9.09. The van der Waals surface area contributed by atoms with Gasteiger partial charge in [-0.05, 0) is 37.3 Å². The number of nitrogens with zero attached hydrogens (tertiary/aromatic N) is 2. The fourth-order valence-electron chi connectivity index (χ4n) is 2.67. The zero-order valence-corrected chi connectivity index (χ0v) is 18.6. The van der Waals surface area contributed by atoms with E-state index in [0.29, 0.717) is 5.69 Å². The lowest BCUT2D eigenvalue weighted by Crippen LogP contribution is -2.39. The fraction of sp³-hybridized carbons (Fsp3) is 0.0909. The Balaban J connectivity index is 1.82. The van der Waals surface area contributed by atoms with Gasteiger partial charge in [0, 0.05) is 10.0 Å². The summed E-state index contributed by atoms with van der Waals surface area (Å²) in [4.78, 5) is 12.6. The van der Waals surface area contributed by atoms with E-state index in [4.69, 9.17) is 0 Å². The summed E-state index contributed by atoms with van der Waals surface area (Å²) in [6.45, 7) is 1.47. The van der Waals surface area contributed by atoms with E-state index >= 15 is 0 Å². The highest BCUT2D eigenvalue weighted by atomic mass is 79.9. The van der Waals surface area contributed by atoms with Crippen LogP contribution < -0.4 is 9.73 Å². The smallest absolute Gasteiger partial charge is 0.264 e. The van der Waals surface area contributed by atoms with Crippen molar-refractivity contribution in [2.45, 2.75) is 11.8 Å². The Morgan fingerprint density at radius 1 is 1.00 bits per heavy atom. The van der Waals surface area contributed by atoms with Gasteiger partial charge in [0.1, 0.15) is 6.54 Å². The topological polar surface area (TPSA) is 78.8 Å². The lowest BCUT2D eigenvalue weighted by molar-refractivity contribution is -0.119. The number of carbonyl (C=O) groups excluding carboxylic acids is 1. The third kappa shape index (κ3) is 5.34. The molecule has 0 unspecified atom stereocenters. The van der Waals surface area contributed by atoms with Gasteiger partial charge >= 0.3 is 0 Å². The fourth-order valence-corrected chi connectivity index (χ4v) is 4.47. The Morgan fingerprint density at radius 3 is 2.30 bits per heavy atom. The minimum Gasteiger partial charge on any atom is -0.271 e. The summed E-state index contributed by atoms with van der Waals surface area (Å²) in [7, 11) is -3.94. The van der Waals surface area contributed by atoms with Crippen molar-refractivity contribution in [3.8, 4) is 0 Å². The van der Waals surface area contributed by atoms with Crippen LogP contribution in [-0.2, 0) is 14.8 Å². The molecule has 3 rings (SSSR count). The molecular formula is C22H20BrN3O3S. The van der Waals surface area contributed by atoms with Gasteiger partial charge in [0.2, 0.25) is 0 Å². The molecule has 1 N–H and O–H groups in total. The second-order valence-electron chi connectivity index (χ2n) is 6.47. The van der Waals surface area contributed by atoms with Crippen LogP contribution in [0.1, 0.15) is 11.1 Å². The maximum Gasteiger partial charge on any atom is 0.264 e. The van der Waals surface area contributed by atoms with Gasteiger partial charge in [-0.1, -0.05) is 70.0 Å². The molecule has 0 saturated heterocycles. The van der Waals surface area contributed by atoms with Crippen LogP contribution in [0.25, 0.3) is 0 Å². The molecule has 0 atom stereocenters. The van der Waals surface area contributed by atoms with E-state index < -0.39 is 22.5 Å². The maximum atomic E-state index is 13.2. The molecule has 30 heavy (non-hydrogen) atoms. The number of rotatable bonds is 7. The van der Waals surface area contributed by atoms with E-state index in [1.807, 2.05) is 31.2 Å².